The first kappa shape index (κ1) is 12.9. The number of nitrogens with one attached hydrogen (secondary N) is 1. The van der Waals surface area contributed by atoms with Gasteiger partial charge in [-0.15, -0.1) is 11.3 Å². The van der Waals surface area contributed by atoms with Gasteiger partial charge in [0.15, 0.2) is 0 Å². The SMILES string of the molecule is Cc1csc(CNC(=O)c2ccc(Cl)cc2O)n1. The molecule has 0 aliphatic carbocycles. The molecule has 0 aliphatic rings. The van der Waals surface area contributed by atoms with Gasteiger partial charge < -0.3 is 10.4 Å². The van der Waals surface area contributed by atoms with Crippen molar-refractivity contribution in [3.8, 4) is 5.75 Å². The number of aromatic nitrogens is 1. The molecule has 0 unspecified atom stereocenters. The highest BCUT2D eigenvalue weighted by atomic mass is 35.5. The average molecular weight is 283 g/mol. The van der Waals surface area contributed by atoms with E-state index in [-0.39, 0.29) is 17.2 Å². The lowest BCUT2D eigenvalue weighted by Gasteiger charge is -2.05. The van der Waals surface area contributed by atoms with Crippen LogP contribution in [-0.2, 0) is 6.54 Å². The molecule has 94 valence electrons. The van der Waals surface area contributed by atoms with E-state index in [4.69, 9.17) is 11.6 Å². The van der Waals surface area contributed by atoms with Crippen molar-refractivity contribution in [1.29, 1.82) is 0 Å². The smallest absolute Gasteiger partial charge is 0.255 e. The highest BCUT2D eigenvalue weighted by molar-refractivity contribution is 7.09. The third-order valence-electron chi connectivity index (χ3n) is 2.27. The molecule has 2 rings (SSSR count). The molecule has 1 amide bonds. The molecule has 1 aromatic heterocycles. The minimum atomic E-state index is -0.350. The zero-order valence-electron chi connectivity index (χ0n) is 9.61. The molecule has 6 heteroatoms. The Kier molecular flexibility index (Phi) is 3.84. The molecule has 0 atom stereocenters. The molecule has 4 nitrogen and oxygen atoms in total. The van der Waals surface area contributed by atoms with E-state index in [9.17, 15) is 9.90 Å². The highest BCUT2D eigenvalue weighted by Crippen LogP contribution is 2.21. The third kappa shape index (κ3) is 3.00. The Labute approximate surface area is 113 Å². The molecule has 0 saturated carbocycles. The first-order valence-corrected chi connectivity index (χ1v) is 6.50. The summed E-state index contributed by atoms with van der Waals surface area (Å²) in [6.07, 6.45) is 0. The summed E-state index contributed by atoms with van der Waals surface area (Å²) in [5.41, 5.74) is 1.13. The Morgan fingerprint density at radius 2 is 2.33 bits per heavy atom. The molecule has 0 spiro atoms. The monoisotopic (exact) mass is 282 g/mol. The summed E-state index contributed by atoms with van der Waals surface area (Å²) in [7, 11) is 0. The van der Waals surface area contributed by atoms with Crippen LogP contribution in [-0.4, -0.2) is 16.0 Å². The number of hydrogen-bond acceptors (Lipinski definition) is 4. The average Bonchev–Trinajstić information content (AvgIpc) is 2.72. The molecule has 0 bridgehead atoms. The second-order valence-electron chi connectivity index (χ2n) is 3.73. The van der Waals surface area contributed by atoms with E-state index in [0.29, 0.717) is 11.6 Å². The molecule has 0 aliphatic heterocycles. The number of aromatic hydroxyl groups is 1. The molecule has 0 radical (unpaired) electrons. The number of phenols is 1. The van der Waals surface area contributed by atoms with E-state index < -0.39 is 0 Å². The number of rotatable bonds is 3. The Balaban J connectivity index is 2.03. The minimum Gasteiger partial charge on any atom is -0.507 e. The predicted molar refractivity (Wildman–Crippen MR) is 71.1 cm³/mol. The number of carbonyl (C=O) groups is 1. The first-order valence-electron chi connectivity index (χ1n) is 5.24. The maximum atomic E-state index is 11.8. The van der Waals surface area contributed by atoms with Gasteiger partial charge in [0.2, 0.25) is 0 Å². The standard InChI is InChI=1S/C12H11ClN2O2S/c1-7-6-18-11(15-7)5-14-12(17)9-3-2-8(13)4-10(9)16/h2-4,6,16H,5H2,1H3,(H,14,17). The molecule has 1 heterocycles. The van der Waals surface area contributed by atoms with E-state index in [1.165, 1.54) is 23.5 Å². The van der Waals surface area contributed by atoms with Crippen LogP contribution < -0.4 is 5.32 Å². The Hall–Kier alpha value is -1.59. The summed E-state index contributed by atoms with van der Waals surface area (Å²) in [6.45, 7) is 2.24. The van der Waals surface area contributed by atoms with Crippen molar-refractivity contribution in [1.82, 2.24) is 10.3 Å². The van der Waals surface area contributed by atoms with E-state index in [0.717, 1.165) is 10.7 Å². The Morgan fingerprint density at radius 3 is 2.94 bits per heavy atom. The van der Waals surface area contributed by atoms with Gasteiger partial charge in [0.05, 0.1) is 12.1 Å². The van der Waals surface area contributed by atoms with Gasteiger partial charge in [0.25, 0.3) is 5.91 Å². The number of amides is 1. The van der Waals surface area contributed by atoms with Crippen LogP contribution in [0.25, 0.3) is 0 Å². The Morgan fingerprint density at radius 1 is 1.56 bits per heavy atom. The van der Waals surface area contributed by atoms with E-state index >= 15 is 0 Å². The fourth-order valence-corrected chi connectivity index (χ4v) is 2.31. The number of thiazole rings is 1. The van der Waals surface area contributed by atoms with Gasteiger partial charge in [-0.05, 0) is 25.1 Å². The molecular formula is C12H11ClN2O2S. The van der Waals surface area contributed by atoms with Gasteiger partial charge >= 0.3 is 0 Å². The zero-order valence-corrected chi connectivity index (χ0v) is 11.2. The van der Waals surface area contributed by atoms with Crippen molar-refractivity contribution in [2.45, 2.75) is 13.5 Å². The normalized spacial score (nSPS) is 10.3. The first-order chi connectivity index (χ1) is 8.56. The fourth-order valence-electron chi connectivity index (χ4n) is 1.43. The van der Waals surface area contributed by atoms with Crippen molar-refractivity contribution in [2.75, 3.05) is 0 Å². The van der Waals surface area contributed by atoms with E-state index in [2.05, 4.69) is 10.3 Å². The molecular weight excluding hydrogens is 272 g/mol. The van der Waals surface area contributed by atoms with Gasteiger partial charge in [0, 0.05) is 16.1 Å². The number of carbonyl (C=O) groups excluding carboxylic acids is 1. The second kappa shape index (κ2) is 5.37. The van der Waals surface area contributed by atoms with Gasteiger partial charge in [-0.3, -0.25) is 4.79 Å². The van der Waals surface area contributed by atoms with Crippen LogP contribution in [0.1, 0.15) is 21.1 Å². The van der Waals surface area contributed by atoms with E-state index in [1.807, 2.05) is 12.3 Å². The number of phenolic OH excluding ortho intramolecular Hbond substituents is 1. The quantitative estimate of drug-likeness (QED) is 0.910. The summed E-state index contributed by atoms with van der Waals surface area (Å²) in [5.74, 6) is -0.479. The van der Waals surface area contributed by atoms with E-state index in [1.54, 1.807) is 6.07 Å². The lowest BCUT2D eigenvalue weighted by molar-refractivity contribution is 0.0948. The van der Waals surface area contributed by atoms with Crippen LogP contribution in [0.3, 0.4) is 0 Å². The van der Waals surface area contributed by atoms with Crippen molar-refractivity contribution >= 4 is 28.8 Å². The molecule has 1 aromatic carbocycles. The molecule has 0 fully saturated rings. The van der Waals surface area contributed by atoms with Crippen molar-refractivity contribution in [3.05, 3.63) is 44.9 Å². The number of hydrogen-bond donors (Lipinski definition) is 2. The van der Waals surface area contributed by atoms with Crippen molar-refractivity contribution in [2.24, 2.45) is 0 Å². The van der Waals surface area contributed by atoms with Crippen LogP contribution in [0.5, 0.6) is 5.75 Å². The number of benzene rings is 1. The largest absolute Gasteiger partial charge is 0.507 e. The summed E-state index contributed by atoms with van der Waals surface area (Å²) < 4.78 is 0. The number of aryl methyl sites for hydroxylation is 1. The van der Waals surface area contributed by atoms with Crippen LogP contribution in [0.2, 0.25) is 5.02 Å². The molecule has 2 aromatic rings. The van der Waals surface area contributed by atoms with Gasteiger partial charge in [0.1, 0.15) is 10.8 Å². The van der Waals surface area contributed by atoms with Gasteiger partial charge in [-0.1, -0.05) is 11.6 Å². The number of halogens is 1. The summed E-state index contributed by atoms with van der Waals surface area (Å²) in [6, 6.07) is 4.38. The van der Waals surface area contributed by atoms with Crippen molar-refractivity contribution < 1.29 is 9.90 Å². The molecule has 0 saturated heterocycles. The van der Waals surface area contributed by atoms with Gasteiger partial charge in [-0.25, -0.2) is 4.98 Å². The molecule has 18 heavy (non-hydrogen) atoms. The maximum absolute atomic E-state index is 11.8. The second-order valence-corrected chi connectivity index (χ2v) is 5.11. The van der Waals surface area contributed by atoms with Crippen LogP contribution in [0.4, 0.5) is 0 Å². The highest BCUT2D eigenvalue weighted by Gasteiger charge is 2.11. The maximum Gasteiger partial charge on any atom is 0.255 e. The van der Waals surface area contributed by atoms with Crippen LogP contribution >= 0.6 is 22.9 Å². The topological polar surface area (TPSA) is 62.2 Å². The van der Waals surface area contributed by atoms with Crippen molar-refractivity contribution in [3.63, 3.8) is 0 Å². The predicted octanol–water partition coefficient (Wildman–Crippen LogP) is 2.74. The van der Waals surface area contributed by atoms with Crippen LogP contribution in [0.15, 0.2) is 23.6 Å². The lowest BCUT2D eigenvalue weighted by Crippen LogP contribution is -2.22. The van der Waals surface area contributed by atoms with Gasteiger partial charge in [-0.2, -0.15) is 0 Å². The molecule has 2 N–H and O–H groups in total. The lowest BCUT2D eigenvalue weighted by atomic mass is 10.2. The number of nitrogens with zero attached hydrogens (tertiary/aromatic N) is 1. The Bertz CT molecular complexity index is 583. The minimum absolute atomic E-state index is 0.129. The fraction of sp³-hybridized carbons (Fsp3) is 0.167. The third-order valence-corrected chi connectivity index (χ3v) is 3.47. The van der Waals surface area contributed by atoms with Crippen LogP contribution in [0, 0.1) is 6.92 Å². The zero-order chi connectivity index (χ0) is 13.1. The summed E-state index contributed by atoms with van der Waals surface area (Å²) in [5, 5.41) is 15.4. The summed E-state index contributed by atoms with van der Waals surface area (Å²) >= 11 is 7.18. The summed E-state index contributed by atoms with van der Waals surface area (Å²) in [4.78, 5) is 16.1.